The van der Waals surface area contributed by atoms with Gasteiger partial charge in [-0.1, -0.05) is 11.6 Å². The molecule has 5 rings (SSSR count). The second-order valence-electron chi connectivity index (χ2n) is 6.53. The van der Waals surface area contributed by atoms with Crippen LogP contribution in [0, 0.1) is 11.3 Å². The first kappa shape index (κ1) is 17.2. The van der Waals surface area contributed by atoms with Crippen LogP contribution in [0.1, 0.15) is 24.4 Å². The Labute approximate surface area is 170 Å². The van der Waals surface area contributed by atoms with Crippen molar-refractivity contribution in [1.29, 1.82) is 5.26 Å². The summed E-state index contributed by atoms with van der Waals surface area (Å²) in [4.78, 5) is 8.87. The molecule has 0 bridgehead atoms. The summed E-state index contributed by atoms with van der Waals surface area (Å²) in [5.41, 5.74) is 2.21. The quantitative estimate of drug-likeness (QED) is 0.481. The molecule has 0 atom stereocenters. The third kappa shape index (κ3) is 3.11. The van der Waals surface area contributed by atoms with Gasteiger partial charge in [-0.15, -0.1) is 10.2 Å². The molecule has 136 valence electrons. The minimum Gasteiger partial charge on any atom is -0.299 e. The summed E-state index contributed by atoms with van der Waals surface area (Å²) >= 11 is 7.49. The molecule has 28 heavy (non-hydrogen) atoms. The first-order valence-electron chi connectivity index (χ1n) is 8.76. The fourth-order valence-electron chi connectivity index (χ4n) is 3.11. The van der Waals surface area contributed by atoms with E-state index in [0.717, 1.165) is 40.3 Å². The second-order valence-corrected chi connectivity index (χ2v) is 7.96. The number of nitrogens with zero attached hydrogens (tertiary/aromatic N) is 6. The van der Waals surface area contributed by atoms with Crippen molar-refractivity contribution >= 4 is 34.3 Å². The molecule has 6 nitrogen and oxygen atoms in total. The van der Waals surface area contributed by atoms with Crippen LogP contribution in [0.4, 0.5) is 0 Å². The van der Waals surface area contributed by atoms with Crippen molar-refractivity contribution in [3.05, 3.63) is 59.4 Å². The molecule has 0 aliphatic heterocycles. The van der Waals surface area contributed by atoms with Crippen LogP contribution in [0.2, 0.25) is 5.02 Å². The van der Waals surface area contributed by atoms with E-state index in [1.807, 2.05) is 18.2 Å². The summed E-state index contributed by atoms with van der Waals surface area (Å²) in [6, 6.07) is 13.7. The third-order valence-corrected chi connectivity index (χ3v) is 5.67. The number of halogens is 1. The van der Waals surface area contributed by atoms with E-state index < -0.39 is 0 Å². The van der Waals surface area contributed by atoms with E-state index in [1.165, 1.54) is 11.8 Å². The lowest BCUT2D eigenvalue weighted by molar-refractivity contribution is 0.668. The number of benzene rings is 1. The number of aromatic nitrogens is 5. The van der Waals surface area contributed by atoms with Gasteiger partial charge in [0.1, 0.15) is 5.03 Å². The Kier molecular flexibility index (Phi) is 4.23. The molecule has 1 fully saturated rings. The van der Waals surface area contributed by atoms with Crippen LogP contribution in [0.25, 0.3) is 22.3 Å². The molecule has 4 aromatic rings. The molecule has 0 radical (unpaired) electrons. The van der Waals surface area contributed by atoms with Crippen LogP contribution in [-0.2, 0) is 0 Å². The smallest absolute Gasteiger partial charge is 0.198 e. The van der Waals surface area contributed by atoms with Crippen molar-refractivity contribution in [2.24, 2.45) is 0 Å². The number of pyridine rings is 2. The maximum absolute atomic E-state index is 9.55. The van der Waals surface area contributed by atoms with Gasteiger partial charge in [0.2, 0.25) is 0 Å². The summed E-state index contributed by atoms with van der Waals surface area (Å²) in [6.07, 6.45) is 5.74. The molecule has 0 unspecified atom stereocenters. The summed E-state index contributed by atoms with van der Waals surface area (Å²) in [7, 11) is 0. The Hall–Kier alpha value is -2.95. The highest BCUT2D eigenvalue weighted by Gasteiger charge is 2.30. The van der Waals surface area contributed by atoms with Crippen molar-refractivity contribution < 1.29 is 0 Å². The van der Waals surface area contributed by atoms with Crippen molar-refractivity contribution in [3.63, 3.8) is 0 Å². The molecule has 1 aromatic carbocycles. The summed E-state index contributed by atoms with van der Waals surface area (Å²) in [5.74, 6) is 0.811. The van der Waals surface area contributed by atoms with Crippen LogP contribution < -0.4 is 0 Å². The summed E-state index contributed by atoms with van der Waals surface area (Å²) < 4.78 is 2.15. The third-order valence-electron chi connectivity index (χ3n) is 4.56. The van der Waals surface area contributed by atoms with Gasteiger partial charge in [-0.2, -0.15) is 5.26 Å². The minimum atomic E-state index is 0.391. The van der Waals surface area contributed by atoms with Crippen LogP contribution in [0.3, 0.4) is 0 Å². The summed E-state index contributed by atoms with van der Waals surface area (Å²) in [6.45, 7) is 0. The number of hydrogen-bond donors (Lipinski definition) is 0. The second kappa shape index (κ2) is 6.89. The maximum atomic E-state index is 9.55. The lowest BCUT2D eigenvalue weighted by atomic mass is 10.1. The first-order chi connectivity index (χ1) is 13.7. The van der Waals surface area contributed by atoms with Gasteiger partial charge in [-0.3, -0.25) is 9.55 Å². The normalized spacial score (nSPS) is 13.6. The highest BCUT2D eigenvalue weighted by atomic mass is 35.5. The van der Waals surface area contributed by atoms with Crippen molar-refractivity contribution in [2.75, 3.05) is 0 Å². The van der Waals surface area contributed by atoms with E-state index in [4.69, 9.17) is 11.6 Å². The van der Waals surface area contributed by atoms with Gasteiger partial charge < -0.3 is 0 Å². The van der Waals surface area contributed by atoms with Crippen LogP contribution in [0.15, 0.2) is 59.0 Å². The molecule has 0 saturated heterocycles. The predicted octanol–water partition coefficient (Wildman–Crippen LogP) is 4.90. The highest BCUT2D eigenvalue weighted by Crippen LogP contribution is 2.42. The molecule has 0 spiro atoms. The topological polar surface area (TPSA) is 80.3 Å². The minimum absolute atomic E-state index is 0.391. The van der Waals surface area contributed by atoms with E-state index in [0.29, 0.717) is 21.7 Å². The Bertz CT molecular complexity index is 1230. The number of nitriles is 1. The Balaban J connectivity index is 1.58. The molecule has 3 aromatic heterocycles. The Morgan fingerprint density at radius 1 is 1.18 bits per heavy atom. The SMILES string of the molecule is N#Cc1cc(Sc2nnc(-c3cccnc3)n2C2CC2)nc2ccc(Cl)cc12. The van der Waals surface area contributed by atoms with Gasteiger partial charge in [0.15, 0.2) is 11.0 Å². The number of hydrogen-bond acceptors (Lipinski definition) is 6. The van der Waals surface area contributed by atoms with E-state index in [9.17, 15) is 5.26 Å². The molecule has 1 saturated carbocycles. The predicted molar refractivity (Wildman–Crippen MR) is 107 cm³/mol. The lowest BCUT2D eigenvalue weighted by Gasteiger charge is -2.09. The van der Waals surface area contributed by atoms with Gasteiger partial charge >= 0.3 is 0 Å². The van der Waals surface area contributed by atoms with Crippen molar-refractivity contribution in [2.45, 2.75) is 29.1 Å². The Morgan fingerprint density at radius 2 is 2.07 bits per heavy atom. The standard InChI is InChI=1S/C20H13ClN6S/c21-14-3-6-17-16(9-14)13(10-22)8-18(24-17)28-20-26-25-19(27(20)15-4-5-15)12-2-1-7-23-11-12/h1-3,6-9,11,15H,4-5H2. The molecule has 8 heteroatoms. The molecule has 0 N–H and O–H groups in total. The van der Waals surface area contributed by atoms with Gasteiger partial charge in [0.25, 0.3) is 0 Å². The molecule has 1 aliphatic carbocycles. The van der Waals surface area contributed by atoms with E-state index in [-0.39, 0.29) is 0 Å². The van der Waals surface area contributed by atoms with Gasteiger partial charge in [0, 0.05) is 34.4 Å². The largest absolute Gasteiger partial charge is 0.299 e. The zero-order chi connectivity index (χ0) is 19.1. The molecule has 3 heterocycles. The molecular weight excluding hydrogens is 392 g/mol. The van der Waals surface area contributed by atoms with Crippen molar-refractivity contribution in [3.8, 4) is 17.5 Å². The lowest BCUT2D eigenvalue weighted by Crippen LogP contribution is -2.00. The van der Waals surface area contributed by atoms with E-state index >= 15 is 0 Å². The maximum Gasteiger partial charge on any atom is 0.198 e. The molecule has 0 amide bonds. The number of rotatable bonds is 4. The van der Waals surface area contributed by atoms with Gasteiger partial charge in [-0.25, -0.2) is 4.98 Å². The Morgan fingerprint density at radius 3 is 2.82 bits per heavy atom. The highest BCUT2D eigenvalue weighted by molar-refractivity contribution is 7.99. The average molecular weight is 405 g/mol. The van der Waals surface area contributed by atoms with Gasteiger partial charge in [0.05, 0.1) is 17.1 Å². The fraction of sp³-hybridized carbons (Fsp3) is 0.150. The first-order valence-corrected chi connectivity index (χ1v) is 9.96. The van der Waals surface area contributed by atoms with Crippen LogP contribution in [-0.4, -0.2) is 24.7 Å². The molecular formula is C20H13ClN6S. The monoisotopic (exact) mass is 404 g/mol. The average Bonchev–Trinajstić information content (AvgIpc) is 3.48. The number of fused-ring (bicyclic) bond motifs is 1. The zero-order valence-electron chi connectivity index (χ0n) is 14.6. The fourth-order valence-corrected chi connectivity index (χ4v) is 4.21. The van der Waals surface area contributed by atoms with Crippen LogP contribution >= 0.6 is 23.4 Å². The van der Waals surface area contributed by atoms with E-state index in [2.05, 4.69) is 30.8 Å². The summed E-state index contributed by atoms with van der Waals surface area (Å²) in [5, 5.41) is 21.2. The van der Waals surface area contributed by atoms with Crippen molar-refractivity contribution in [1.82, 2.24) is 24.7 Å². The van der Waals surface area contributed by atoms with Gasteiger partial charge in [-0.05, 0) is 61.0 Å². The van der Waals surface area contributed by atoms with E-state index in [1.54, 1.807) is 30.6 Å². The molecule has 1 aliphatic rings. The zero-order valence-corrected chi connectivity index (χ0v) is 16.2. The van der Waals surface area contributed by atoms with Crippen LogP contribution in [0.5, 0.6) is 0 Å².